The molecule has 4 rings (SSSR count). The van der Waals surface area contributed by atoms with Crippen molar-refractivity contribution in [2.24, 2.45) is 4.99 Å². The van der Waals surface area contributed by atoms with Gasteiger partial charge in [-0.25, -0.2) is 14.6 Å². The fourth-order valence-electron chi connectivity index (χ4n) is 4.45. The summed E-state index contributed by atoms with van der Waals surface area (Å²) in [6.07, 6.45) is 1.74. The van der Waals surface area contributed by atoms with Crippen molar-refractivity contribution in [3.05, 3.63) is 84.5 Å². The van der Waals surface area contributed by atoms with Crippen LogP contribution >= 0.6 is 11.3 Å². The van der Waals surface area contributed by atoms with E-state index in [-0.39, 0.29) is 31.0 Å². The van der Waals surface area contributed by atoms with E-state index < -0.39 is 18.0 Å². The van der Waals surface area contributed by atoms with Crippen LogP contribution in [0.25, 0.3) is 6.08 Å². The van der Waals surface area contributed by atoms with Crippen molar-refractivity contribution in [3.63, 3.8) is 0 Å². The maximum absolute atomic E-state index is 13.9. The van der Waals surface area contributed by atoms with Crippen LogP contribution in [0.2, 0.25) is 0 Å². The lowest BCUT2D eigenvalue weighted by Crippen LogP contribution is -2.40. The predicted octanol–water partition coefficient (Wildman–Crippen LogP) is 3.15. The van der Waals surface area contributed by atoms with E-state index in [4.69, 9.17) is 23.7 Å². The zero-order chi connectivity index (χ0) is 29.5. The van der Waals surface area contributed by atoms with Gasteiger partial charge in [-0.1, -0.05) is 35.6 Å². The van der Waals surface area contributed by atoms with Crippen molar-refractivity contribution in [2.45, 2.75) is 33.7 Å². The first-order chi connectivity index (χ1) is 19.8. The Labute approximate surface area is 241 Å². The van der Waals surface area contributed by atoms with Crippen LogP contribution < -0.4 is 29.1 Å². The lowest BCUT2D eigenvalue weighted by Gasteiger charge is -2.26. The Morgan fingerprint density at radius 3 is 2.39 bits per heavy atom. The van der Waals surface area contributed by atoms with Gasteiger partial charge >= 0.3 is 11.9 Å². The molecule has 41 heavy (non-hydrogen) atoms. The predicted molar refractivity (Wildman–Crippen MR) is 153 cm³/mol. The highest BCUT2D eigenvalue weighted by atomic mass is 32.1. The molecule has 11 heteroatoms. The minimum atomic E-state index is -0.845. The minimum absolute atomic E-state index is 0.169. The lowest BCUT2D eigenvalue weighted by atomic mass is 9.94. The van der Waals surface area contributed by atoms with E-state index in [1.807, 2.05) is 13.0 Å². The average Bonchev–Trinajstić information content (AvgIpc) is 3.26. The van der Waals surface area contributed by atoms with Crippen molar-refractivity contribution in [2.75, 3.05) is 33.5 Å². The van der Waals surface area contributed by atoms with Crippen molar-refractivity contribution >= 4 is 29.4 Å². The van der Waals surface area contributed by atoms with Crippen molar-refractivity contribution in [3.8, 4) is 17.2 Å². The van der Waals surface area contributed by atoms with Crippen LogP contribution in [0.3, 0.4) is 0 Å². The molecule has 3 aromatic rings. The molecule has 0 spiro atoms. The van der Waals surface area contributed by atoms with Gasteiger partial charge in [-0.3, -0.25) is 9.36 Å². The molecule has 1 atom stereocenters. The second-order valence-electron chi connectivity index (χ2n) is 8.78. The number of fused-ring (bicyclic) bond motifs is 1. The molecule has 0 N–H and O–H groups in total. The van der Waals surface area contributed by atoms with E-state index in [1.165, 1.54) is 23.0 Å². The van der Waals surface area contributed by atoms with Gasteiger partial charge in [0, 0.05) is 5.56 Å². The molecule has 216 valence electrons. The Bertz CT molecular complexity index is 1640. The van der Waals surface area contributed by atoms with Gasteiger partial charge < -0.3 is 23.7 Å². The molecule has 2 heterocycles. The fourth-order valence-corrected chi connectivity index (χ4v) is 5.50. The summed E-state index contributed by atoms with van der Waals surface area (Å²) >= 11 is 1.22. The van der Waals surface area contributed by atoms with Crippen LogP contribution in [0, 0.1) is 0 Å². The lowest BCUT2D eigenvalue weighted by molar-refractivity contribution is -0.145. The zero-order valence-electron chi connectivity index (χ0n) is 23.6. The number of thiazole rings is 1. The molecule has 2 aromatic carbocycles. The van der Waals surface area contributed by atoms with Crippen LogP contribution in [-0.2, 0) is 19.1 Å². The van der Waals surface area contributed by atoms with Crippen LogP contribution in [0.4, 0.5) is 0 Å². The summed E-state index contributed by atoms with van der Waals surface area (Å²) in [5, 5.41) is 0. The minimum Gasteiger partial charge on any atom is -0.493 e. The second-order valence-corrected chi connectivity index (χ2v) is 9.79. The SMILES string of the molecule is CCOC(=O)COc1ccc(/C=c2/sc3n(c2=O)[C@H](c2cccc(OC)c2OCC)C(C(=O)OCC)=C(C)N=3)cc1. The summed E-state index contributed by atoms with van der Waals surface area (Å²) in [5.41, 5.74) is 1.71. The summed E-state index contributed by atoms with van der Waals surface area (Å²) in [5.74, 6) is 0.402. The molecule has 0 fully saturated rings. The monoisotopic (exact) mass is 580 g/mol. The molecule has 0 aliphatic carbocycles. The highest BCUT2D eigenvalue weighted by Crippen LogP contribution is 2.40. The number of esters is 2. The topological polar surface area (TPSA) is 115 Å². The maximum atomic E-state index is 13.9. The summed E-state index contributed by atoms with van der Waals surface area (Å²) in [6.45, 7) is 7.64. The second kappa shape index (κ2) is 13.3. The first-order valence-corrected chi connectivity index (χ1v) is 14.0. The van der Waals surface area contributed by atoms with Gasteiger partial charge in [-0.15, -0.1) is 0 Å². The van der Waals surface area contributed by atoms with Crippen LogP contribution in [0.15, 0.2) is 63.5 Å². The number of benzene rings is 2. The summed E-state index contributed by atoms with van der Waals surface area (Å²) in [6, 6.07) is 11.5. The van der Waals surface area contributed by atoms with Gasteiger partial charge in [0.15, 0.2) is 22.9 Å². The number of carbonyl (C=O) groups is 2. The molecule has 1 aliphatic heterocycles. The molecular formula is C30H32N2O8S. The standard InChI is InChI=1S/C30H32N2O8S/c1-6-37-24(33)17-40-20-14-12-19(13-15-20)16-23-28(34)32-26(21-10-9-11-22(36-5)27(21)38-7-2)25(29(35)39-8-3)18(4)31-30(32)41-23/h9-16,26H,6-8,17H2,1-5H3/b23-16+/t26-/m1/s1. The third kappa shape index (κ3) is 6.35. The van der Waals surface area contributed by atoms with E-state index in [9.17, 15) is 14.4 Å². The summed E-state index contributed by atoms with van der Waals surface area (Å²) in [7, 11) is 1.54. The Morgan fingerprint density at radius 1 is 1.00 bits per heavy atom. The number of hydrogen-bond acceptors (Lipinski definition) is 10. The van der Waals surface area contributed by atoms with Crippen LogP contribution in [-0.4, -0.2) is 50.0 Å². The normalized spacial score (nSPS) is 14.7. The summed E-state index contributed by atoms with van der Waals surface area (Å²) < 4.78 is 29.2. The van der Waals surface area contributed by atoms with Gasteiger partial charge in [-0.2, -0.15) is 0 Å². The van der Waals surface area contributed by atoms with E-state index in [0.29, 0.717) is 44.4 Å². The molecule has 1 aliphatic rings. The van der Waals surface area contributed by atoms with Gasteiger partial charge in [0.1, 0.15) is 11.8 Å². The van der Waals surface area contributed by atoms with E-state index in [0.717, 1.165) is 5.56 Å². The number of hydrogen-bond donors (Lipinski definition) is 0. The number of para-hydroxylation sites is 1. The van der Waals surface area contributed by atoms with Gasteiger partial charge in [0.05, 0.1) is 42.7 Å². The van der Waals surface area contributed by atoms with E-state index >= 15 is 0 Å². The van der Waals surface area contributed by atoms with Crippen LogP contribution in [0.1, 0.15) is 44.9 Å². The van der Waals surface area contributed by atoms with Crippen molar-refractivity contribution in [1.82, 2.24) is 4.57 Å². The number of carbonyl (C=O) groups excluding carboxylic acids is 2. The van der Waals surface area contributed by atoms with Crippen molar-refractivity contribution < 1.29 is 33.3 Å². The van der Waals surface area contributed by atoms with Crippen LogP contribution in [0.5, 0.6) is 17.2 Å². The Kier molecular flexibility index (Phi) is 9.61. The molecule has 1 aromatic heterocycles. The Morgan fingerprint density at radius 2 is 1.73 bits per heavy atom. The third-order valence-electron chi connectivity index (χ3n) is 6.17. The molecule has 0 amide bonds. The van der Waals surface area contributed by atoms with Gasteiger partial charge in [0.25, 0.3) is 5.56 Å². The molecule has 10 nitrogen and oxygen atoms in total. The number of rotatable bonds is 11. The number of nitrogens with zero attached hydrogens (tertiary/aromatic N) is 2. The largest absolute Gasteiger partial charge is 0.493 e. The Hall–Kier alpha value is -4.38. The van der Waals surface area contributed by atoms with E-state index in [2.05, 4.69) is 4.99 Å². The Balaban J connectivity index is 1.82. The molecule has 0 bridgehead atoms. The van der Waals surface area contributed by atoms with Gasteiger partial charge in [0.2, 0.25) is 0 Å². The molecule has 0 saturated heterocycles. The van der Waals surface area contributed by atoms with Gasteiger partial charge in [-0.05, 0) is 57.5 Å². The number of aromatic nitrogens is 1. The smallest absolute Gasteiger partial charge is 0.344 e. The maximum Gasteiger partial charge on any atom is 0.344 e. The number of allylic oxidation sites excluding steroid dienone is 1. The first kappa shape index (κ1) is 29.6. The molecule has 0 unspecified atom stereocenters. The molecular weight excluding hydrogens is 548 g/mol. The zero-order valence-corrected chi connectivity index (χ0v) is 24.4. The molecule has 0 radical (unpaired) electrons. The average molecular weight is 581 g/mol. The summed E-state index contributed by atoms with van der Waals surface area (Å²) in [4.78, 5) is 43.8. The highest BCUT2D eigenvalue weighted by molar-refractivity contribution is 7.07. The quantitative estimate of drug-likeness (QED) is 0.318. The first-order valence-electron chi connectivity index (χ1n) is 13.2. The fraction of sp³-hybridized carbons (Fsp3) is 0.333. The molecule has 0 saturated carbocycles. The van der Waals surface area contributed by atoms with Crippen molar-refractivity contribution in [1.29, 1.82) is 0 Å². The highest BCUT2D eigenvalue weighted by Gasteiger charge is 2.36. The number of ether oxygens (including phenoxy) is 5. The third-order valence-corrected chi connectivity index (χ3v) is 7.15. The number of methoxy groups -OCH3 is 1. The van der Waals surface area contributed by atoms with E-state index in [1.54, 1.807) is 63.2 Å².